The Morgan fingerprint density at radius 1 is 1.14 bits per heavy atom. The number of tetrazole rings is 1. The van der Waals surface area contributed by atoms with Crippen molar-refractivity contribution >= 4 is 11.8 Å². The molecule has 2 aromatic heterocycles. The lowest BCUT2D eigenvalue weighted by Gasteiger charge is -2.06. The van der Waals surface area contributed by atoms with Crippen LogP contribution in [0.4, 0.5) is 0 Å². The molecule has 0 radical (unpaired) electrons. The maximum Gasteiger partial charge on any atom is 0.220 e. The van der Waals surface area contributed by atoms with Gasteiger partial charge in [0.2, 0.25) is 5.16 Å². The smallest absolute Gasteiger partial charge is 0.220 e. The predicted octanol–water partition coefficient (Wildman–Crippen LogP) is 2.23. The third-order valence-corrected chi connectivity index (χ3v) is 3.81. The summed E-state index contributed by atoms with van der Waals surface area (Å²) in [5.74, 6) is 0. The van der Waals surface area contributed by atoms with E-state index < -0.39 is 0 Å². The average Bonchev–Trinajstić information content (AvgIpc) is 2.97. The highest BCUT2D eigenvalue weighted by Crippen LogP contribution is 2.25. The van der Waals surface area contributed by atoms with Crippen LogP contribution in [0.1, 0.15) is 18.5 Å². The van der Waals surface area contributed by atoms with Gasteiger partial charge in [0, 0.05) is 12.2 Å². The van der Waals surface area contributed by atoms with Gasteiger partial charge >= 0.3 is 0 Å². The minimum absolute atomic E-state index is 0.0220. The Hall–Kier alpha value is -2.25. The average molecular weight is 298 g/mol. The van der Waals surface area contributed by atoms with Gasteiger partial charge in [-0.3, -0.25) is 0 Å². The van der Waals surface area contributed by atoms with Crippen molar-refractivity contribution in [3.05, 3.63) is 54.2 Å². The lowest BCUT2D eigenvalue weighted by molar-refractivity contribution is 0.755. The Bertz CT molecular complexity index is 708. The van der Waals surface area contributed by atoms with E-state index in [9.17, 15) is 0 Å². The molecular weight excluding hydrogens is 284 g/mol. The first-order valence-corrected chi connectivity index (χ1v) is 7.29. The molecule has 0 saturated carbocycles. The summed E-state index contributed by atoms with van der Waals surface area (Å²) in [5.41, 5.74) is 7.73. The molecule has 0 amide bonds. The van der Waals surface area contributed by atoms with Crippen LogP contribution in [-0.4, -0.2) is 25.2 Å². The standard InChI is InChI=1S/C14H14N6S/c1-10(15)11-7-8-13(16-9-11)21-14-17-18-19-20(14)12-5-3-2-4-6-12/h2-10H,15H2,1H3/t10-/m1/s1. The summed E-state index contributed by atoms with van der Waals surface area (Å²) in [6.07, 6.45) is 1.78. The predicted molar refractivity (Wildman–Crippen MR) is 80.1 cm³/mol. The molecule has 0 bridgehead atoms. The van der Waals surface area contributed by atoms with Gasteiger partial charge in [-0.1, -0.05) is 24.3 Å². The summed E-state index contributed by atoms with van der Waals surface area (Å²) in [5, 5.41) is 13.3. The Labute approximate surface area is 126 Å². The van der Waals surface area contributed by atoms with E-state index >= 15 is 0 Å². The van der Waals surface area contributed by atoms with E-state index in [0.717, 1.165) is 16.3 Å². The molecule has 6 nitrogen and oxygen atoms in total. The topological polar surface area (TPSA) is 82.5 Å². The molecule has 7 heteroatoms. The van der Waals surface area contributed by atoms with Gasteiger partial charge in [0.25, 0.3) is 0 Å². The number of hydrogen-bond acceptors (Lipinski definition) is 6. The van der Waals surface area contributed by atoms with Crippen LogP contribution in [-0.2, 0) is 0 Å². The van der Waals surface area contributed by atoms with Gasteiger partial charge in [0.1, 0.15) is 5.03 Å². The van der Waals surface area contributed by atoms with Crippen molar-refractivity contribution < 1.29 is 0 Å². The van der Waals surface area contributed by atoms with Gasteiger partial charge in [-0.25, -0.2) is 4.98 Å². The Morgan fingerprint density at radius 3 is 2.62 bits per heavy atom. The van der Waals surface area contributed by atoms with E-state index in [1.807, 2.05) is 49.4 Å². The van der Waals surface area contributed by atoms with Gasteiger partial charge < -0.3 is 5.73 Å². The summed E-state index contributed by atoms with van der Waals surface area (Å²) >= 11 is 1.41. The molecule has 1 aromatic carbocycles. The molecule has 2 heterocycles. The fourth-order valence-electron chi connectivity index (χ4n) is 1.79. The maximum atomic E-state index is 5.82. The number of nitrogens with zero attached hydrogens (tertiary/aromatic N) is 5. The molecule has 3 rings (SSSR count). The quantitative estimate of drug-likeness (QED) is 0.795. The second-order valence-electron chi connectivity index (χ2n) is 4.53. The second-order valence-corrected chi connectivity index (χ2v) is 5.52. The van der Waals surface area contributed by atoms with Crippen LogP contribution in [0.5, 0.6) is 0 Å². The molecule has 0 spiro atoms. The zero-order chi connectivity index (χ0) is 14.7. The molecule has 0 saturated heterocycles. The number of para-hydroxylation sites is 1. The van der Waals surface area contributed by atoms with Crippen molar-refractivity contribution in [3.8, 4) is 5.69 Å². The van der Waals surface area contributed by atoms with Crippen LogP contribution in [0.25, 0.3) is 5.69 Å². The molecule has 106 valence electrons. The Kier molecular flexibility index (Phi) is 3.94. The molecule has 3 aromatic rings. The van der Waals surface area contributed by atoms with E-state index in [4.69, 9.17) is 5.73 Å². The van der Waals surface area contributed by atoms with E-state index in [1.54, 1.807) is 10.9 Å². The first-order chi connectivity index (χ1) is 10.2. The molecule has 1 atom stereocenters. The van der Waals surface area contributed by atoms with Crippen molar-refractivity contribution in [1.82, 2.24) is 25.2 Å². The number of benzene rings is 1. The zero-order valence-electron chi connectivity index (χ0n) is 11.4. The lowest BCUT2D eigenvalue weighted by atomic mass is 10.2. The van der Waals surface area contributed by atoms with Gasteiger partial charge in [-0.15, -0.1) is 5.10 Å². The first kappa shape index (κ1) is 13.7. The Balaban J connectivity index is 1.84. The van der Waals surface area contributed by atoms with Crippen LogP contribution in [0, 0.1) is 0 Å². The maximum absolute atomic E-state index is 5.82. The Morgan fingerprint density at radius 2 is 1.95 bits per heavy atom. The van der Waals surface area contributed by atoms with E-state index in [1.165, 1.54) is 11.8 Å². The fourth-order valence-corrected chi connectivity index (χ4v) is 2.52. The van der Waals surface area contributed by atoms with Crippen molar-refractivity contribution in [2.45, 2.75) is 23.1 Å². The van der Waals surface area contributed by atoms with E-state index in [0.29, 0.717) is 5.16 Å². The van der Waals surface area contributed by atoms with Gasteiger partial charge in [0.05, 0.1) is 5.69 Å². The molecule has 0 unspecified atom stereocenters. The van der Waals surface area contributed by atoms with Crippen molar-refractivity contribution in [2.24, 2.45) is 5.73 Å². The molecule has 0 aliphatic heterocycles. The van der Waals surface area contributed by atoms with Crippen LogP contribution >= 0.6 is 11.8 Å². The monoisotopic (exact) mass is 298 g/mol. The van der Waals surface area contributed by atoms with Crippen LogP contribution in [0.2, 0.25) is 0 Å². The molecule has 0 aliphatic carbocycles. The molecule has 0 aliphatic rings. The highest BCUT2D eigenvalue weighted by molar-refractivity contribution is 7.99. The van der Waals surface area contributed by atoms with Crippen molar-refractivity contribution in [1.29, 1.82) is 0 Å². The molecule has 21 heavy (non-hydrogen) atoms. The first-order valence-electron chi connectivity index (χ1n) is 6.47. The number of aromatic nitrogens is 5. The minimum Gasteiger partial charge on any atom is -0.324 e. The third-order valence-electron chi connectivity index (χ3n) is 2.92. The summed E-state index contributed by atoms with van der Waals surface area (Å²) in [6, 6.07) is 13.6. The summed E-state index contributed by atoms with van der Waals surface area (Å²) in [6.45, 7) is 1.93. The molecule has 2 N–H and O–H groups in total. The molecular formula is C14H14N6S. The van der Waals surface area contributed by atoms with Gasteiger partial charge in [-0.05, 0) is 52.9 Å². The van der Waals surface area contributed by atoms with Crippen LogP contribution in [0.15, 0.2) is 58.8 Å². The van der Waals surface area contributed by atoms with Crippen molar-refractivity contribution in [3.63, 3.8) is 0 Å². The van der Waals surface area contributed by atoms with E-state index in [-0.39, 0.29) is 6.04 Å². The number of rotatable bonds is 4. The molecule has 0 fully saturated rings. The number of hydrogen-bond donors (Lipinski definition) is 1. The van der Waals surface area contributed by atoms with Gasteiger partial charge in [0.15, 0.2) is 0 Å². The number of pyridine rings is 1. The fraction of sp³-hybridized carbons (Fsp3) is 0.143. The SMILES string of the molecule is C[C@@H](N)c1ccc(Sc2nnnn2-c2ccccc2)nc1. The highest BCUT2D eigenvalue weighted by Gasteiger charge is 2.11. The summed E-state index contributed by atoms with van der Waals surface area (Å²) < 4.78 is 1.69. The largest absolute Gasteiger partial charge is 0.324 e. The van der Waals surface area contributed by atoms with Gasteiger partial charge in [-0.2, -0.15) is 4.68 Å². The van der Waals surface area contributed by atoms with Crippen LogP contribution < -0.4 is 5.73 Å². The van der Waals surface area contributed by atoms with Crippen LogP contribution in [0.3, 0.4) is 0 Å². The number of nitrogens with two attached hydrogens (primary N) is 1. The van der Waals surface area contributed by atoms with Crippen molar-refractivity contribution in [2.75, 3.05) is 0 Å². The van der Waals surface area contributed by atoms with E-state index in [2.05, 4.69) is 20.5 Å². The third kappa shape index (κ3) is 3.09. The lowest BCUT2D eigenvalue weighted by Crippen LogP contribution is -2.05. The summed E-state index contributed by atoms with van der Waals surface area (Å²) in [7, 11) is 0. The highest BCUT2D eigenvalue weighted by atomic mass is 32.2. The minimum atomic E-state index is -0.0220. The summed E-state index contributed by atoms with van der Waals surface area (Å²) in [4.78, 5) is 4.38. The normalized spacial score (nSPS) is 12.3. The second kappa shape index (κ2) is 6.02. The zero-order valence-corrected chi connectivity index (χ0v) is 12.2.